The number of fused-ring (bicyclic) bond motifs is 1. The van der Waals surface area contributed by atoms with Crippen molar-refractivity contribution in [1.29, 1.82) is 0 Å². The van der Waals surface area contributed by atoms with Crippen LogP contribution in [-0.4, -0.2) is 28.3 Å². The minimum absolute atomic E-state index is 0.0936. The Bertz CT molecular complexity index is 1260. The number of halogens is 1. The van der Waals surface area contributed by atoms with Crippen molar-refractivity contribution in [1.82, 2.24) is 9.88 Å². The molecular weight excluding hydrogens is 391 g/mol. The first-order valence-corrected chi connectivity index (χ1v) is 8.89. The van der Waals surface area contributed by atoms with Gasteiger partial charge in [-0.15, -0.1) is 0 Å². The van der Waals surface area contributed by atoms with Crippen LogP contribution in [0.15, 0.2) is 60.3 Å². The third-order valence-corrected chi connectivity index (χ3v) is 4.64. The summed E-state index contributed by atoms with van der Waals surface area (Å²) in [6, 6.07) is 11.3. The summed E-state index contributed by atoms with van der Waals surface area (Å²) in [6.45, 7) is -0.0936. The largest absolute Gasteiger partial charge is 0.368 e. The second-order valence-electron chi connectivity index (χ2n) is 6.61. The minimum atomic E-state index is -1.04. The fourth-order valence-electron chi connectivity index (χ4n) is 3.35. The molecule has 0 aliphatic carbocycles. The first-order valence-electron chi connectivity index (χ1n) is 8.89. The molecule has 1 saturated heterocycles. The number of primary amides is 1. The van der Waals surface area contributed by atoms with E-state index in [0.717, 1.165) is 6.07 Å². The fraction of sp³-hybridized carbons (Fsp3) is 0.0476. The Morgan fingerprint density at radius 3 is 2.50 bits per heavy atom. The second kappa shape index (κ2) is 7.28. The van der Waals surface area contributed by atoms with Crippen LogP contribution in [0.25, 0.3) is 17.0 Å². The molecule has 9 heteroatoms. The first-order chi connectivity index (χ1) is 14.4. The van der Waals surface area contributed by atoms with Gasteiger partial charge in [0.15, 0.2) is 0 Å². The monoisotopic (exact) mass is 406 g/mol. The number of nitrogens with two attached hydrogens (primary N) is 1. The number of carbonyl (C=O) groups is 4. The number of carbonyl (C=O) groups excluding carboxylic acids is 4. The molecule has 0 unspecified atom stereocenters. The van der Waals surface area contributed by atoms with E-state index in [2.05, 4.69) is 5.32 Å². The lowest BCUT2D eigenvalue weighted by molar-refractivity contribution is -0.122. The number of nitrogens with zero attached hydrogens (tertiary/aromatic N) is 2. The van der Waals surface area contributed by atoms with Crippen LogP contribution < -0.4 is 16.0 Å². The van der Waals surface area contributed by atoms with E-state index in [-0.39, 0.29) is 17.8 Å². The lowest BCUT2D eigenvalue weighted by Gasteiger charge is -2.26. The van der Waals surface area contributed by atoms with Crippen LogP contribution >= 0.6 is 0 Å². The van der Waals surface area contributed by atoms with Crippen molar-refractivity contribution >= 4 is 46.4 Å². The summed E-state index contributed by atoms with van der Waals surface area (Å²) in [7, 11) is 0. The van der Waals surface area contributed by atoms with Gasteiger partial charge in [0, 0.05) is 22.7 Å². The fourth-order valence-corrected chi connectivity index (χ4v) is 3.35. The molecule has 2 heterocycles. The number of imide groups is 2. The zero-order valence-electron chi connectivity index (χ0n) is 15.5. The maximum absolute atomic E-state index is 14.2. The summed E-state index contributed by atoms with van der Waals surface area (Å²) < 4.78 is 15.8. The number of aromatic nitrogens is 1. The Hall–Kier alpha value is -4.27. The number of nitrogens with one attached hydrogen (secondary N) is 1. The van der Waals surface area contributed by atoms with E-state index < -0.39 is 29.6 Å². The van der Waals surface area contributed by atoms with Crippen LogP contribution in [0.5, 0.6) is 0 Å². The Kier molecular flexibility index (Phi) is 4.63. The highest BCUT2D eigenvalue weighted by Gasteiger charge is 2.38. The summed E-state index contributed by atoms with van der Waals surface area (Å²) in [5, 5.41) is 2.72. The molecule has 1 aromatic heterocycles. The molecule has 1 aliphatic heterocycles. The van der Waals surface area contributed by atoms with Gasteiger partial charge in [-0.3, -0.25) is 19.7 Å². The van der Waals surface area contributed by atoms with E-state index in [0.29, 0.717) is 21.4 Å². The normalized spacial score (nSPS) is 15.7. The molecule has 0 bridgehead atoms. The summed E-state index contributed by atoms with van der Waals surface area (Å²) in [6.07, 6.45) is 2.88. The number of rotatable bonds is 4. The number of anilines is 1. The van der Waals surface area contributed by atoms with Crippen LogP contribution in [0.4, 0.5) is 14.9 Å². The van der Waals surface area contributed by atoms with Crippen LogP contribution in [0.2, 0.25) is 0 Å². The molecule has 0 atom stereocenters. The van der Waals surface area contributed by atoms with Gasteiger partial charge in [0.2, 0.25) is 5.91 Å². The van der Waals surface area contributed by atoms with E-state index in [1.807, 2.05) is 0 Å². The van der Waals surface area contributed by atoms with Crippen LogP contribution in [0, 0.1) is 5.82 Å². The highest BCUT2D eigenvalue weighted by Crippen LogP contribution is 2.27. The molecule has 3 aromatic rings. The van der Waals surface area contributed by atoms with E-state index in [1.165, 1.54) is 24.3 Å². The van der Waals surface area contributed by atoms with Gasteiger partial charge < -0.3 is 10.3 Å². The van der Waals surface area contributed by atoms with Crippen LogP contribution in [0.3, 0.4) is 0 Å². The smallest absolute Gasteiger partial charge is 0.336 e. The van der Waals surface area contributed by atoms with Crippen molar-refractivity contribution in [3.05, 3.63) is 71.7 Å². The van der Waals surface area contributed by atoms with Gasteiger partial charge in [-0.1, -0.05) is 30.3 Å². The molecule has 0 radical (unpaired) electrons. The predicted molar refractivity (Wildman–Crippen MR) is 107 cm³/mol. The van der Waals surface area contributed by atoms with Gasteiger partial charge in [-0.05, 0) is 24.3 Å². The summed E-state index contributed by atoms with van der Waals surface area (Å²) in [5.41, 5.74) is 5.82. The van der Waals surface area contributed by atoms with Gasteiger partial charge >= 0.3 is 6.03 Å². The summed E-state index contributed by atoms with van der Waals surface area (Å²) in [5.74, 6) is -3.20. The van der Waals surface area contributed by atoms with E-state index >= 15 is 0 Å². The van der Waals surface area contributed by atoms with Crippen molar-refractivity contribution in [3.8, 4) is 0 Å². The molecule has 150 valence electrons. The highest BCUT2D eigenvalue weighted by molar-refractivity contribution is 6.39. The molecule has 1 fully saturated rings. The number of barbiturate groups is 1. The first kappa shape index (κ1) is 19.1. The molecular formula is C21H15FN4O4. The Morgan fingerprint density at radius 1 is 1.07 bits per heavy atom. The molecule has 0 spiro atoms. The topological polar surface area (TPSA) is 114 Å². The number of hydrogen-bond donors (Lipinski definition) is 2. The number of amides is 5. The Labute approximate surface area is 169 Å². The molecule has 2 aromatic carbocycles. The van der Waals surface area contributed by atoms with Gasteiger partial charge in [0.25, 0.3) is 11.8 Å². The highest BCUT2D eigenvalue weighted by atomic mass is 19.1. The quantitative estimate of drug-likeness (QED) is 0.509. The predicted octanol–water partition coefficient (Wildman–Crippen LogP) is 1.93. The van der Waals surface area contributed by atoms with Crippen molar-refractivity contribution in [3.63, 3.8) is 0 Å². The van der Waals surface area contributed by atoms with Gasteiger partial charge in [-0.25, -0.2) is 14.1 Å². The zero-order valence-corrected chi connectivity index (χ0v) is 15.5. The van der Waals surface area contributed by atoms with Gasteiger partial charge in [0.05, 0.1) is 5.69 Å². The maximum atomic E-state index is 14.2. The van der Waals surface area contributed by atoms with E-state index in [1.54, 1.807) is 35.0 Å². The summed E-state index contributed by atoms with van der Waals surface area (Å²) in [4.78, 5) is 49.5. The average Bonchev–Trinajstić information content (AvgIpc) is 3.03. The summed E-state index contributed by atoms with van der Waals surface area (Å²) >= 11 is 0. The SMILES string of the molecule is NC(=O)Cn1cc(C=C2C(=O)NC(=O)N(c3ccccc3F)C2=O)c2ccccc21. The van der Waals surface area contributed by atoms with Crippen molar-refractivity contribution in [2.24, 2.45) is 5.73 Å². The van der Waals surface area contributed by atoms with Crippen molar-refractivity contribution in [2.45, 2.75) is 6.54 Å². The number of para-hydroxylation sites is 2. The third kappa shape index (κ3) is 3.22. The van der Waals surface area contributed by atoms with Crippen molar-refractivity contribution in [2.75, 3.05) is 4.90 Å². The number of hydrogen-bond acceptors (Lipinski definition) is 4. The average molecular weight is 406 g/mol. The van der Waals surface area contributed by atoms with Crippen LogP contribution in [-0.2, 0) is 20.9 Å². The molecule has 4 rings (SSSR count). The lowest BCUT2D eigenvalue weighted by atomic mass is 10.1. The van der Waals surface area contributed by atoms with Crippen molar-refractivity contribution < 1.29 is 23.6 Å². The maximum Gasteiger partial charge on any atom is 0.336 e. The van der Waals surface area contributed by atoms with E-state index in [9.17, 15) is 23.6 Å². The second-order valence-corrected chi connectivity index (χ2v) is 6.61. The molecule has 30 heavy (non-hydrogen) atoms. The molecule has 5 amide bonds. The van der Waals surface area contributed by atoms with Crippen LogP contribution in [0.1, 0.15) is 5.56 Å². The third-order valence-electron chi connectivity index (χ3n) is 4.64. The molecule has 1 aliphatic rings. The standard InChI is InChI=1S/C21H15FN4O4/c22-15-6-2-4-8-17(15)26-20(29)14(19(28)24-21(26)30)9-12-10-25(11-18(23)27)16-7-3-1-5-13(12)16/h1-10H,11H2,(H2,23,27)(H,24,28,30). The Balaban J connectivity index is 1.82. The van der Waals surface area contributed by atoms with E-state index in [4.69, 9.17) is 5.73 Å². The number of benzene rings is 2. The Morgan fingerprint density at radius 2 is 1.77 bits per heavy atom. The van der Waals surface area contributed by atoms with Gasteiger partial charge in [-0.2, -0.15) is 0 Å². The molecule has 8 nitrogen and oxygen atoms in total. The minimum Gasteiger partial charge on any atom is -0.368 e. The zero-order chi connectivity index (χ0) is 21.4. The van der Waals surface area contributed by atoms with Gasteiger partial charge in [0.1, 0.15) is 17.9 Å². The molecule has 0 saturated carbocycles. The number of urea groups is 1. The lowest BCUT2D eigenvalue weighted by Crippen LogP contribution is -2.54. The molecule has 3 N–H and O–H groups in total.